The standard InChI is InChI=1S/C24H28FN3O2/c1-30-20-9-4-17-12-21(24(29)26-14-16-2-3-16)23-15-27(10-11-28(23)22(17)13-20)19-7-5-18(25)6-8-19/h4-9,13,16,21,23H,2-3,10-12,14-15H2,1H3,(H,26,29)/t21-,23-/m1/s1. The van der Waals surface area contributed by atoms with Crippen LogP contribution in [0.25, 0.3) is 0 Å². The van der Waals surface area contributed by atoms with Crippen LogP contribution < -0.4 is 19.9 Å². The topological polar surface area (TPSA) is 44.8 Å². The van der Waals surface area contributed by atoms with Crippen LogP contribution in [0.2, 0.25) is 0 Å². The van der Waals surface area contributed by atoms with E-state index in [0.717, 1.165) is 44.0 Å². The number of hydrogen-bond acceptors (Lipinski definition) is 4. The molecule has 1 amide bonds. The lowest BCUT2D eigenvalue weighted by Crippen LogP contribution is -2.61. The molecule has 2 atom stereocenters. The number of halogens is 1. The molecular weight excluding hydrogens is 381 g/mol. The first kappa shape index (κ1) is 19.2. The summed E-state index contributed by atoms with van der Waals surface area (Å²) in [5, 5.41) is 3.20. The first-order chi connectivity index (χ1) is 14.6. The van der Waals surface area contributed by atoms with Gasteiger partial charge in [-0.3, -0.25) is 4.79 Å². The molecule has 1 saturated heterocycles. The van der Waals surface area contributed by atoms with Crippen LogP contribution in [0.4, 0.5) is 15.8 Å². The number of fused-ring (bicyclic) bond motifs is 3. The van der Waals surface area contributed by atoms with Crippen molar-refractivity contribution in [2.24, 2.45) is 11.8 Å². The summed E-state index contributed by atoms with van der Waals surface area (Å²) in [7, 11) is 1.68. The number of hydrogen-bond donors (Lipinski definition) is 1. The van der Waals surface area contributed by atoms with Crippen LogP contribution in [-0.2, 0) is 11.2 Å². The molecule has 2 aromatic rings. The van der Waals surface area contributed by atoms with Gasteiger partial charge in [-0.1, -0.05) is 6.07 Å². The van der Waals surface area contributed by atoms with Crippen molar-refractivity contribution in [1.29, 1.82) is 0 Å². The third-order valence-electron chi connectivity index (χ3n) is 6.72. The van der Waals surface area contributed by atoms with Gasteiger partial charge in [0.25, 0.3) is 0 Å². The lowest BCUT2D eigenvalue weighted by Gasteiger charge is -2.49. The van der Waals surface area contributed by atoms with Gasteiger partial charge in [-0.15, -0.1) is 0 Å². The average Bonchev–Trinajstić information content (AvgIpc) is 3.61. The Morgan fingerprint density at radius 1 is 1.17 bits per heavy atom. The molecule has 5 nitrogen and oxygen atoms in total. The zero-order valence-corrected chi connectivity index (χ0v) is 17.3. The third-order valence-corrected chi connectivity index (χ3v) is 6.72. The van der Waals surface area contributed by atoms with Gasteiger partial charge in [-0.2, -0.15) is 0 Å². The predicted molar refractivity (Wildman–Crippen MR) is 116 cm³/mol. The molecule has 5 rings (SSSR count). The first-order valence-electron chi connectivity index (χ1n) is 10.8. The van der Waals surface area contributed by atoms with Crippen molar-refractivity contribution in [3.05, 3.63) is 53.8 Å². The Morgan fingerprint density at radius 3 is 2.70 bits per heavy atom. The summed E-state index contributed by atoms with van der Waals surface area (Å²) in [4.78, 5) is 17.8. The van der Waals surface area contributed by atoms with E-state index in [0.29, 0.717) is 5.92 Å². The van der Waals surface area contributed by atoms with Crippen molar-refractivity contribution in [2.45, 2.75) is 25.3 Å². The second-order valence-corrected chi connectivity index (χ2v) is 8.68. The molecule has 0 bridgehead atoms. The number of carbonyl (C=O) groups is 1. The second kappa shape index (κ2) is 7.82. The van der Waals surface area contributed by atoms with Gasteiger partial charge in [-0.05, 0) is 61.1 Å². The Morgan fingerprint density at radius 2 is 1.97 bits per heavy atom. The van der Waals surface area contributed by atoms with Crippen LogP contribution in [0.1, 0.15) is 18.4 Å². The van der Waals surface area contributed by atoms with Crippen LogP contribution in [0.15, 0.2) is 42.5 Å². The highest BCUT2D eigenvalue weighted by molar-refractivity contribution is 5.82. The number of rotatable bonds is 5. The molecule has 0 unspecified atom stereocenters. The van der Waals surface area contributed by atoms with Gasteiger partial charge < -0.3 is 19.9 Å². The Bertz CT molecular complexity index is 929. The van der Waals surface area contributed by atoms with Gasteiger partial charge in [-0.25, -0.2) is 4.39 Å². The number of methoxy groups -OCH3 is 1. The Hall–Kier alpha value is -2.76. The minimum atomic E-state index is -0.228. The number of anilines is 2. The molecule has 6 heteroatoms. The van der Waals surface area contributed by atoms with E-state index < -0.39 is 0 Å². The number of benzene rings is 2. The monoisotopic (exact) mass is 409 g/mol. The lowest BCUT2D eigenvalue weighted by atomic mass is 9.83. The quantitative estimate of drug-likeness (QED) is 0.824. The van der Waals surface area contributed by atoms with E-state index in [1.54, 1.807) is 7.11 Å². The van der Waals surface area contributed by atoms with Gasteiger partial charge in [0.2, 0.25) is 5.91 Å². The van der Waals surface area contributed by atoms with Crippen LogP contribution in [0.5, 0.6) is 5.75 Å². The molecule has 2 aromatic carbocycles. The highest BCUT2D eigenvalue weighted by atomic mass is 19.1. The van der Waals surface area contributed by atoms with E-state index in [4.69, 9.17) is 4.74 Å². The largest absolute Gasteiger partial charge is 0.497 e. The molecule has 2 heterocycles. The van der Waals surface area contributed by atoms with E-state index in [1.807, 2.05) is 18.2 Å². The number of piperazine rings is 1. The highest BCUT2D eigenvalue weighted by Crippen LogP contribution is 2.39. The van der Waals surface area contributed by atoms with E-state index in [2.05, 4.69) is 27.2 Å². The zero-order valence-electron chi connectivity index (χ0n) is 17.3. The summed E-state index contributed by atoms with van der Waals surface area (Å²) in [5.74, 6) is 1.32. The first-order valence-corrected chi connectivity index (χ1v) is 10.8. The number of nitrogens with one attached hydrogen (secondary N) is 1. The van der Waals surface area contributed by atoms with Crippen LogP contribution in [-0.4, -0.2) is 45.2 Å². The fraction of sp³-hybridized carbons (Fsp3) is 0.458. The summed E-state index contributed by atoms with van der Waals surface area (Å²) >= 11 is 0. The molecule has 2 aliphatic heterocycles. The number of ether oxygens (including phenoxy) is 1. The van der Waals surface area contributed by atoms with E-state index >= 15 is 0 Å². The van der Waals surface area contributed by atoms with Crippen molar-refractivity contribution >= 4 is 17.3 Å². The van der Waals surface area contributed by atoms with Gasteiger partial charge in [0.1, 0.15) is 11.6 Å². The van der Waals surface area contributed by atoms with E-state index in [9.17, 15) is 9.18 Å². The molecule has 3 aliphatic rings. The minimum absolute atomic E-state index is 0.0719. The summed E-state index contributed by atoms with van der Waals surface area (Å²) in [6, 6.07) is 12.9. The molecular formula is C24H28FN3O2. The van der Waals surface area contributed by atoms with Crippen LogP contribution in [0.3, 0.4) is 0 Å². The molecule has 1 N–H and O–H groups in total. The van der Waals surface area contributed by atoms with Gasteiger partial charge in [0, 0.05) is 43.6 Å². The fourth-order valence-corrected chi connectivity index (χ4v) is 4.79. The molecule has 0 spiro atoms. The maximum Gasteiger partial charge on any atom is 0.225 e. The normalized spacial score (nSPS) is 22.9. The van der Waals surface area contributed by atoms with Gasteiger partial charge in [0.15, 0.2) is 0 Å². The summed E-state index contributed by atoms with van der Waals surface area (Å²) in [5.41, 5.74) is 3.38. The molecule has 0 aromatic heterocycles. The molecule has 1 saturated carbocycles. The lowest BCUT2D eigenvalue weighted by molar-refractivity contribution is -0.125. The number of carbonyl (C=O) groups excluding carboxylic acids is 1. The smallest absolute Gasteiger partial charge is 0.225 e. The van der Waals surface area contributed by atoms with Gasteiger partial charge >= 0.3 is 0 Å². The highest BCUT2D eigenvalue weighted by Gasteiger charge is 2.42. The van der Waals surface area contributed by atoms with Crippen LogP contribution in [0, 0.1) is 17.7 Å². The van der Waals surface area contributed by atoms with Crippen molar-refractivity contribution in [3.63, 3.8) is 0 Å². The van der Waals surface area contributed by atoms with Crippen molar-refractivity contribution in [2.75, 3.05) is 43.1 Å². The third kappa shape index (κ3) is 3.71. The molecule has 2 fully saturated rings. The van der Waals surface area contributed by atoms with Crippen LogP contribution >= 0.6 is 0 Å². The molecule has 158 valence electrons. The number of amides is 1. The van der Waals surface area contributed by atoms with E-state index in [-0.39, 0.29) is 23.7 Å². The average molecular weight is 410 g/mol. The minimum Gasteiger partial charge on any atom is -0.497 e. The predicted octanol–water partition coefficient (Wildman–Crippen LogP) is 3.23. The molecule has 30 heavy (non-hydrogen) atoms. The fourth-order valence-electron chi connectivity index (χ4n) is 4.79. The summed E-state index contributed by atoms with van der Waals surface area (Å²) in [6.07, 6.45) is 3.18. The molecule has 1 aliphatic carbocycles. The Kier molecular flexibility index (Phi) is 5.01. The second-order valence-electron chi connectivity index (χ2n) is 8.68. The molecule has 0 radical (unpaired) electrons. The Labute approximate surface area is 176 Å². The van der Waals surface area contributed by atoms with Gasteiger partial charge in [0.05, 0.1) is 19.1 Å². The summed E-state index contributed by atoms with van der Waals surface area (Å²) < 4.78 is 18.8. The maximum absolute atomic E-state index is 13.4. The zero-order chi connectivity index (χ0) is 20.7. The van der Waals surface area contributed by atoms with E-state index in [1.165, 1.54) is 36.2 Å². The summed E-state index contributed by atoms with van der Waals surface area (Å²) in [6.45, 7) is 3.17. The maximum atomic E-state index is 13.4. The van der Waals surface area contributed by atoms with Crippen molar-refractivity contribution in [3.8, 4) is 5.75 Å². The number of nitrogens with zero attached hydrogens (tertiary/aromatic N) is 2. The van der Waals surface area contributed by atoms with Crippen molar-refractivity contribution < 1.29 is 13.9 Å². The SMILES string of the molecule is COc1ccc2c(c1)N1CCN(c3ccc(F)cc3)C[C@@H]1[C@H](C(=O)NCC1CC1)C2. The van der Waals surface area contributed by atoms with Crippen molar-refractivity contribution in [1.82, 2.24) is 5.32 Å². The Balaban J connectivity index is 1.43.